The molecule has 5 heteroatoms. The van der Waals surface area contributed by atoms with Crippen LogP contribution in [-0.2, 0) is 0 Å². The zero-order valence-electron chi connectivity index (χ0n) is 27.8. The monoisotopic (exact) mass is 668 g/mol. The Hall–Kier alpha value is -7.11. The summed E-state index contributed by atoms with van der Waals surface area (Å²) in [5.74, 6) is 0.565. The average Bonchev–Trinajstić information content (AvgIpc) is 3.91. The van der Waals surface area contributed by atoms with Crippen LogP contribution in [0.25, 0.3) is 88.3 Å². The molecule has 0 aliphatic rings. The van der Waals surface area contributed by atoms with Crippen LogP contribution >= 0.6 is 0 Å². The minimum atomic E-state index is 0.565. The normalized spacial score (nSPS) is 11.8. The number of aromatic nitrogens is 1. The van der Waals surface area contributed by atoms with E-state index in [9.17, 15) is 0 Å². The number of benzene rings is 8. The number of anilines is 3. The van der Waals surface area contributed by atoms with E-state index in [1.807, 2.05) is 54.6 Å². The molecule has 0 amide bonds. The molecule has 5 nitrogen and oxygen atoms in total. The summed E-state index contributed by atoms with van der Waals surface area (Å²) in [5.41, 5.74) is 10.8. The molecule has 0 unspecified atom stereocenters. The highest BCUT2D eigenvalue weighted by Crippen LogP contribution is 2.46. The first-order valence-corrected chi connectivity index (χ1v) is 17.4. The van der Waals surface area contributed by atoms with Crippen LogP contribution in [0.5, 0.6) is 0 Å². The Labute approximate surface area is 297 Å². The van der Waals surface area contributed by atoms with Gasteiger partial charge < -0.3 is 18.2 Å². The highest BCUT2D eigenvalue weighted by molar-refractivity contribution is 6.16. The van der Waals surface area contributed by atoms with Gasteiger partial charge in [-0.05, 0) is 88.6 Å². The molecule has 0 atom stereocenters. The molecule has 8 aromatic carbocycles. The summed E-state index contributed by atoms with van der Waals surface area (Å²) < 4.78 is 19.5. The minimum Gasteiger partial charge on any atom is -0.456 e. The highest BCUT2D eigenvalue weighted by atomic mass is 16.4. The van der Waals surface area contributed by atoms with Crippen molar-refractivity contribution < 1.29 is 13.3 Å². The lowest BCUT2D eigenvalue weighted by Crippen LogP contribution is -2.10. The molecule has 52 heavy (non-hydrogen) atoms. The van der Waals surface area contributed by atoms with Crippen molar-refractivity contribution in [2.45, 2.75) is 0 Å². The largest absolute Gasteiger partial charge is 0.456 e. The first kappa shape index (κ1) is 28.7. The fourth-order valence-electron chi connectivity index (χ4n) is 7.65. The van der Waals surface area contributed by atoms with Gasteiger partial charge in [0.1, 0.15) is 22.3 Å². The molecule has 11 rings (SSSR count). The molecule has 0 saturated carbocycles. The van der Waals surface area contributed by atoms with Crippen molar-refractivity contribution in [2.75, 3.05) is 4.90 Å². The zero-order valence-corrected chi connectivity index (χ0v) is 27.8. The van der Waals surface area contributed by atoms with Gasteiger partial charge >= 0.3 is 0 Å². The maximum Gasteiger partial charge on any atom is 0.228 e. The Balaban J connectivity index is 1.14. The van der Waals surface area contributed by atoms with Gasteiger partial charge in [0.2, 0.25) is 5.89 Å². The maximum absolute atomic E-state index is 6.81. The summed E-state index contributed by atoms with van der Waals surface area (Å²) in [4.78, 5) is 7.11. The lowest BCUT2D eigenvalue weighted by atomic mass is 10.00. The molecule has 244 valence electrons. The van der Waals surface area contributed by atoms with Gasteiger partial charge in [0.25, 0.3) is 0 Å². The number of fused-ring (bicyclic) bond motifs is 8. The molecule has 0 fully saturated rings. The number of nitrogens with zero attached hydrogens (tertiary/aromatic N) is 2. The van der Waals surface area contributed by atoms with E-state index in [2.05, 4.69) is 120 Å². The summed E-state index contributed by atoms with van der Waals surface area (Å²) in [5, 5.41) is 6.54. The van der Waals surface area contributed by atoms with Gasteiger partial charge in [-0.2, -0.15) is 0 Å². The molecule has 0 spiro atoms. The molecular weight excluding hydrogens is 641 g/mol. The number of para-hydroxylation sites is 4. The van der Waals surface area contributed by atoms with Crippen molar-refractivity contribution in [3.63, 3.8) is 0 Å². The second-order valence-corrected chi connectivity index (χ2v) is 13.1. The van der Waals surface area contributed by atoms with E-state index in [1.165, 1.54) is 10.8 Å². The van der Waals surface area contributed by atoms with Crippen molar-refractivity contribution in [2.24, 2.45) is 0 Å². The fraction of sp³-hybridized carbons (Fsp3) is 0. The topological polar surface area (TPSA) is 55.6 Å². The molecule has 0 saturated heterocycles. The SMILES string of the molecule is c1cc(-c2ccc3ccccc3c2)cc(N(c2ccc3c(c2)oc2ccccc23)c2cccc3c2oc2cccc(-c4nc5ccccc5o4)c23)c1. The van der Waals surface area contributed by atoms with Crippen molar-refractivity contribution in [1.29, 1.82) is 0 Å². The van der Waals surface area contributed by atoms with Crippen LogP contribution in [0.2, 0.25) is 0 Å². The standard InChI is InChI=1S/C47H28N2O3/c1-2-11-30-26-32(23-22-29(30)10-1)31-12-7-13-33(27-31)49(34-24-25-36-35-14-3-5-19-41(35)50-44(36)28-34)40-18-8-15-37-45-38(16-9-21-43(45)51-46(37)40)47-48-39-17-4-6-20-42(39)52-47/h1-28H. The van der Waals surface area contributed by atoms with E-state index in [0.29, 0.717) is 5.89 Å². The van der Waals surface area contributed by atoms with Crippen molar-refractivity contribution in [1.82, 2.24) is 4.98 Å². The first-order valence-electron chi connectivity index (χ1n) is 17.4. The van der Waals surface area contributed by atoms with Crippen LogP contribution in [-0.4, -0.2) is 4.98 Å². The smallest absolute Gasteiger partial charge is 0.228 e. The van der Waals surface area contributed by atoms with Gasteiger partial charge in [-0.3, -0.25) is 0 Å². The molecule has 0 aliphatic heterocycles. The van der Waals surface area contributed by atoms with E-state index >= 15 is 0 Å². The third kappa shape index (κ3) is 4.46. The van der Waals surface area contributed by atoms with Gasteiger partial charge in [-0.1, -0.05) is 97.1 Å². The average molecular weight is 669 g/mol. The van der Waals surface area contributed by atoms with Crippen molar-refractivity contribution in [3.05, 3.63) is 170 Å². The molecule has 11 aromatic rings. The third-order valence-corrected chi connectivity index (χ3v) is 10.1. The van der Waals surface area contributed by atoms with Crippen molar-refractivity contribution >= 4 is 82.8 Å². The number of hydrogen-bond donors (Lipinski definition) is 0. The van der Waals surface area contributed by atoms with E-state index in [0.717, 1.165) is 88.7 Å². The summed E-state index contributed by atoms with van der Waals surface area (Å²) >= 11 is 0. The molecule has 0 N–H and O–H groups in total. The van der Waals surface area contributed by atoms with E-state index in [4.69, 9.17) is 18.2 Å². The van der Waals surface area contributed by atoms with Gasteiger partial charge in [0.05, 0.1) is 11.4 Å². The summed E-state index contributed by atoms with van der Waals surface area (Å²) in [6.07, 6.45) is 0. The summed E-state index contributed by atoms with van der Waals surface area (Å²) in [7, 11) is 0. The molecule has 3 aromatic heterocycles. The van der Waals surface area contributed by atoms with E-state index in [-0.39, 0.29) is 0 Å². The van der Waals surface area contributed by atoms with E-state index < -0.39 is 0 Å². The number of hydrogen-bond acceptors (Lipinski definition) is 5. The number of oxazole rings is 1. The van der Waals surface area contributed by atoms with Crippen LogP contribution in [0.1, 0.15) is 0 Å². The van der Waals surface area contributed by atoms with Crippen LogP contribution in [0.3, 0.4) is 0 Å². The zero-order chi connectivity index (χ0) is 34.2. The summed E-state index contributed by atoms with van der Waals surface area (Å²) in [6.45, 7) is 0. The lowest BCUT2D eigenvalue weighted by molar-refractivity contribution is 0.620. The minimum absolute atomic E-state index is 0.565. The first-order chi connectivity index (χ1) is 25.7. The second-order valence-electron chi connectivity index (χ2n) is 13.1. The van der Waals surface area contributed by atoms with Gasteiger partial charge in [0.15, 0.2) is 11.2 Å². The van der Waals surface area contributed by atoms with Gasteiger partial charge in [-0.25, -0.2) is 4.98 Å². The quantitative estimate of drug-likeness (QED) is 0.183. The Morgan fingerprint density at radius 3 is 2.10 bits per heavy atom. The van der Waals surface area contributed by atoms with Crippen molar-refractivity contribution in [3.8, 4) is 22.6 Å². The Bertz CT molecular complexity index is 3130. The van der Waals surface area contributed by atoms with Gasteiger partial charge in [-0.15, -0.1) is 0 Å². The molecule has 3 heterocycles. The lowest BCUT2D eigenvalue weighted by Gasteiger charge is -2.26. The van der Waals surface area contributed by atoms with Crippen LogP contribution in [0, 0.1) is 0 Å². The van der Waals surface area contributed by atoms with E-state index in [1.54, 1.807) is 0 Å². The van der Waals surface area contributed by atoms with Gasteiger partial charge in [0, 0.05) is 38.9 Å². The molecule has 0 bridgehead atoms. The molecule has 0 aliphatic carbocycles. The van der Waals surface area contributed by atoms with Crippen LogP contribution in [0.4, 0.5) is 17.1 Å². The Kier molecular flexibility index (Phi) is 6.18. The highest BCUT2D eigenvalue weighted by Gasteiger charge is 2.23. The predicted molar refractivity (Wildman–Crippen MR) is 212 cm³/mol. The Morgan fingerprint density at radius 2 is 1.15 bits per heavy atom. The predicted octanol–water partition coefficient (Wildman–Crippen LogP) is 13.6. The third-order valence-electron chi connectivity index (χ3n) is 10.1. The number of furan rings is 2. The second kappa shape index (κ2) is 11.2. The maximum atomic E-state index is 6.81. The number of rotatable bonds is 5. The Morgan fingerprint density at radius 1 is 0.423 bits per heavy atom. The summed E-state index contributed by atoms with van der Waals surface area (Å²) in [6, 6.07) is 58.7. The fourth-order valence-corrected chi connectivity index (χ4v) is 7.65. The molecular formula is C47H28N2O3. The van der Waals surface area contributed by atoms with Crippen LogP contribution in [0.15, 0.2) is 183 Å². The van der Waals surface area contributed by atoms with Crippen LogP contribution < -0.4 is 4.90 Å². The molecule has 0 radical (unpaired) electrons.